The molecule has 0 aliphatic heterocycles. The van der Waals surface area contributed by atoms with Crippen molar-refractivity contribution in [3.8, 4) is 5.75 Å². The Kier molecular flexibility index (Phi) is 4.62. The predicted octanol–water partition coefficient (Wildman–Crippen LogP) is 4.26. The summed E-state index contributed by atoms with van der Waals surface area (Å²) in [6, 6.07) is 7.98. The Labute approximate surface area is 104 Å². The van der Waals surface area contributed by atoms with Crippen molar-refractivity contribution in [3.05, 3.63) is 36.1 Å². The van der Waals surface area contributed by atoms with Gasteiger partial charge >= 0.3 is 0 Å². The van der Waals surface area contributed by atoms with Crippen LogP contribution in [-0.2, 0) is 4.74 Å². The first-order chi connectivity index (χ1) is 7.87. The van der Waals surface area contributed by atoms with Gasteiger partial charge in [0.15, 0.2) is 0 Å². The van der Waals surface area contributed by atoms with Crippen molar-refractivity contribution in [1.82, 2.24) is 0 Å². The zero-order valence-electron chi connectivity index (χ0n) is 11.4. The van der Waals surface area contributed by atoms with E-state index in [0.29, 0.717) is 0 Å². The molecule has 0 radical (unpaired) electrons. The van der Waals surface area contributed by atoms with Gasteiger partial charge in [0.2, 0.25) is 0 Å². The fourth-order valence-electron chi connectivity index (χ4n) is 1.28. The highest BCUT2D eigenvalue weighted by Gasteiger charge is 2.10. The lowest BCUT2D eigenvalue weighted by Crippen LogP contribution is -2.22. The zero-order valence-corrected chi connectivity index (χ0v) is 11.4. The molecule has 94 valence electrons. The van der Waals surface area contributed by atoms with E-state index in [0.717, 1.165) is 11.3 Å². The van der Waals surface area contributed by atoms with E-state index in [4.69, 9.17) is 9.47 Å². The summed E-state index contributed by atoms with van der Waals surface area (Å²) in [5, 5.41) is 0. The lowest BCUT2D eigenvalue weighted by atomic mass is 10.1. The van der Waals surface area contributed by atoms with Gasteiger partial charge in [-0.3, -0.25) is 0 Å². The minimum atomic E-state index is -0.155. The molecule has 0 saturated carbocycles. The maximum absolute atomic E-state index is 5.74. The maximum atomic E-state index is 5.74. The topological polar surface area (TPSA) is 18.5 Å². The first kappa shape index (κ1) is 13.6. The predicted molar refractivity (Wildman–Crippen MR) is 72.1 cm³/mol. The Bertz CT molecular complexity index is 356. The van der Waals surface area contributed by atoms with Crippen molar-refractivity contribution in [1.29, 1.82) is 0 Å². The Morgan fingerprint density at radius 3 is 2.12 bits per heavy atom. The van der Waals surface area contributed by atoms with E-state index in [1.54, 1.807) is 6.26 Å². The van der Waals surface area contributed by atoms with Gasteiger partial charge in [-0.15, -0.1) is 0 Å². The van der Waals surface area contributed by atoms with Crippen LogP contribution in [0.5, 0.6) is 5.75 Å². The smallest absolute Gasteiger partial charge is 0.120 e. The van der Waals surface area contributed by atoms with E-state index in [1.807, 2.05) is 65.0 Å². The average Bonchev–Trinajstić information content (AvgIpc) is 2.18. The second kappa shape index (κ2) is 5.76. The van der Waals surface area contributed by atoms with Gasteiger partial charge in [-0.05, 0) is 58.4 Å². The fraction of sp³-hybridized carbons (Fsp3) is 0.467. The Hall–Kier alpha value is -1.44. The van der Waals surface area contributed by atoms with Gasteiger partial charge in [0.25, 0.3) is 0 Å². The summed E-state index contributed by atoms with van der Waals surface area (Å²) >= 11 is 0. The molecule has 0 bridgehead atoms. The Balaban J connectivity index is 2.59. The average molecular weight is 234 g/mol. The van der Waals surface area contributed by atoms with Gasteiger partial charge in [-0.25, -0.2) is 0 Å². The first-order valence-electron chi connectivity index (χ1n) is 5.98. The lowest BCUT2D eigenvalue weighted by Gasteiger charge is -2.21. The zero-order chi connectivity index (χ0) is 12.9. The van der Waals surface area contributed by atoms with E-state index >= 15 is 0 Å². The van der Waals surface area contributed by atoms with Crippen molar-refractivity contribution >= 4 is 6.08 Å². The third-order valence-electron chi connectivity index (χ3n) is 1.92. The van der Waals surface area contributed by atoms with Crippen LogP contribution < -0.4 is 4.74 Å². The van der Waals surface area contributed by atoms with Crippen LogP contribution >= 0.6 is 0 Å². The molecule has 0 spiro atoms. The van der Waals surface area contributed by atoms with E-state index in [9.17, 15) is 0 Å². The Morgan fingerprint density at radius 2 is 1.65 bits per heavy atom. The minimum Gasteiger partial charge on any atom is -0.499 e. The van der Waals surface area contributed by atoms with Crippen LogP contribution in [0.15, 0.2) is 30.5 Å². The van der Waals surface area contributed by atoms with Crippen molar-refractivity contribution < 1.29 is 9.47 Å². The molecule has 0 aliphatic carbocycles. The molecule has 0 atom stereocenters. The van der Waals surface area contributed by atoms with Gasteiger partial charge in [0.1, 0.15) is 11.4 Å². The summed E-state index contributed by atoms with van der Waals surface area (Å²) in [6.07, 6.45) is 3.89. The van der Waals surface area contributed by atoms with Crippen LogP contribution in [-0.4, -0.2) is 11.7 Å². The van der Waals surface area contributed by atoms with Crippen LogP contribution in [0.1, 0.15) is 40.2 Å². The summed E-state index contributed by atoms with van der Waals surface area (Å²) in [7, 11) is 0. The summed E-state index contributed by atoms with van der Waals surface area (Å²) in [5.41, 5.74) is 0.949. The molecule has 0 aliphatic rings. The quantitative estimate of drug-likeness (QED) is 0.725. The van der Waals surface area contributed by atoms with E-state index in [2.05, 4.69) is 0 Å². The largest absolute Gasteiger partial charge is 0.499 e. The third kappa shape index (κ3) is 6.00. The van der Waals surface area contributed by atoms with Crippen LogP contribution in [0.25, 0.3) is 6.08 Å². The van der Waals surface area contributed by atoms with Crippen molar-refractivity contribution in [2.45, 2.75) is 46.3 Å². The lowest BCUT2D eigenvalue weighted by molar-refractivity contribution is 0.131. The number of ether oxygens (including phenoxy) is 2. The highest BCUT2D eigenvalue weighted by molar-refractivity contribution is 5.49. The number of rotatable bonds is 4. The minimum absolute atomic E-state index is 0.155. The number of hydrogen-bond donors (Lipinski definition) is 0. The molecule has 1 rings (SSSR count). The maximum Gasteiger partial charge on any atom is 0.120 e. The molecular weight excluding hydrogens is 212 g/mol. The highest BCUT2D eigenvalue weighted by Crippen LogP contribution is 2.18. The molecular formula is C15H22O2. The van der Waals surface area contributed by atoms with E-state index in [1.165, 1.54) is 0 Å². The van der Waals surface area contributed by atoms with Crippen LogP contribution in [0.4, 0.5) is 0 Å². The standard InChI is InChI=1S/C15H22O2/c1-12(2)16-11-10-13-6-8-14(9-7-13)17-15(3,4)5/h6-12H,1-5H3. The monoisotopic (exact) mass is 234 g/mol. The van der Waals surface area contributed by atoms with Crippen LogP contribution in [0.3, 0.4) is 0 Å². The second-order valence-corrected chi connectivity index (χ2v) is 5.27. The summed E-state index contributed by atoms with van der Waals surface area (Å²) in [6.45, 7) is 10.1. The van der Waals surface area contributed by atoms with Crippen molar-refractivity contribution in [2.75, 3.05) is 0 Å². The summed E-state index contributed by atoms with van der Waals surface area (Å²) < 4.78 is 11.1. The molecule has 1 aromatic rings. The molecule has 0 amide bonds. The second-order valence-electron chi connectivity index (χ2n) is 5.27. The van der Waals surface area contributed by atoms with Gasteiger partial charge in [-0.2, -0.15) is 0 Å². The SMILES string of the molecule is CC(C)OC=Cc1ccc(OC(C)(C)C)cc1. The van der Waals surface area contributed by atoms with Gasteiger partial charge < -0.3 is 9.47 Å². The molecule has 1 aromatic carbocycles. The van der Waals surface area contributed by atoms with E-state index < -0.39 is 0 Å². The van der Waals surface area contributed by atoms with Crippen molar-refractivity contribution in [3.63, 3.8) is 0 Å². The van der Waals surface area contributed by atoms with Crippen LogP contribution in [0, 0.1) is 0 Å². The third-order valence-corrected chi connectivity index (χ3v) is 1.92. The molecule has 0 heterocycles. The molecule has 2 nitrogen and oxygen atoms in total. The van der Waals surface area contributed by atoms with Crippen LogP contribution in [0.2, 0.25) is 0 Å². The fourth-order valence-corrected chi connectivity index (χ4v) is 1.28. The molecule has 2 heteroatoms. The van der Waals surface area contributed by atoms with Gasteiger partial charge in [0, 0.05) is 0 Å². The summed E-state index contributed by atoms with van der Waals surface area (Å²) in [4.78, 5) is 0. The first-order valence-corrected chi connectivity index (χ1v) is 5.98. The normalized spacial score (nSPS) is 12.1. The molecule has 0 fully saturated rings. The number of hydrogen-bond acceptors (Lipinski definition) is 2. The number of benzene rings is 1. The highest BCUT2D eigenvalue weighted by atomic mass is 16.5. The van der Waals surface area contributed by atoms with E-state index in [-0.39, 0.29) is 11.7 Å². The van der Waals surface area contributed by atoms with Crippen molar-refractivity contribution in [2.24, 2.45) is 0 Å². The summed E-state index contributed by atoms with van der Waals surface area (Å²) in [5.74, 6) is 0.888. The van der Waals surface area contributed by atoms with Gasteiger partial charge in [0.05, 0.1) is 12.4 Å². The molecule has 0 aromatic heterocycles. The molecule has 17 heavy (non-hydrogen) atoms. The van der Waals surface area contributed by atoms with Gasteiger partial charge in [-0.1, -0.05) is 12.1 Å². The molecule has 0 saturated heterocycles. The molecule has 0 unspecified atom stereocenters. The molecule has 0 N–H and O–H groups in total. The Morgan fingerprint density at radius 1 is 1.06 bits per heavy atom.